The number of nitrogens with zero attached hydrogens (tertiary/aromatic N) is 4. The number of methoxy groups -OCH3 is 1. The molecule has 1 aliphatic rings. The fraction of sp³-hybridized carbons (Fsp3) is 0.778. The summed E-state index contributed by atoms with van der Waals surface area (Å²) in [6.45, 7) is 1.44. The van der Waals surface area contributed by atoms with Gasteiger partial charge in [-0.05, 0) is 23.3 Å². The van der Waals surface area contributed by atoms with Crippen molar-refractivity contribution in [1.29, 1.82) is 0 Å². The number of carbonyl (C=O) groups excluding carboxylic acids is 1. The molecule has 0 radical (unpaired) electrons. The number of carbonyl (C=O) groups is 1. The molecule has 8 heteroatoms. The summed E-state index contributed by atoms with van der Waals surface area (Å²) in [7, 11) is 1.36. The van der Waals surface area contributed by atoms with Gasteiger partial charge in [0.25, 0.3) is 0 Å². The number of esters is 1. The lowest BCUT2D eigenvalue weighted by atomic mass is 10.2. The van der Waals surface area contributed by atoms with Crippen molar-refractivity contribution in [2.45, 2.75) is 30.6 Å². The number of tetrazole rings is 1. The van der Waals surface area contributed by atoms with Crippen LogP contribution in [0.4, 0.5) is 0 Å². The second-order valence-electron chi connectivity index (χ2n) is 3.64. The summed E-state index contributed by atoms with van der Waals surface area (Å²) in [4.78, 5) is 11.0. The zero-order valence-electron chi connectivity index (χ0n) is 9.53. The number of hydrogen-bond acceptors (Lipinski definition) is 7. The molecule has 1 saturated heterocycles. The molecule has 1 atom stereocenters. The quantitative estimate of drug-likeness (QED) is 0.548. The highest BCUT2D eigenvalue weighted by Crippen LogP contribution is 2.18. The summed E-state index contributed by atoms with van der Waals surface area (Å²) in [6, 6.07) is 0. The predicted octanol–water partition coefficient (Wildman–Crippen LogP) is 0.117. The lowest BCUT2D eigenvalue weighted by Gasteiger charge is -2.09. The Hall–Kier alpha value is -1.15. The number of ether oxygens (including phenoxy) is 2. The van der Waals surface area contributed by atoms with Crippen molar-refractivity contribution < 1.29 is 14.3 Å². The van der Waals surface area contributed by atoms with E-state index in [2.05, 4.69) is 20.3 Å². The highest BCUT2D eigenvalue weighted by Gasteiger charge is 2.19. The van der Waals surface area contributed by atoms with Crippen LogP contribution in [0.1, 0.15) is 12.8 Å². The normalized spacial score (nSPS) is 19.5. The summed E-state index contributed by atoms with van der Waals surface area (Å²) in [5.74, 6) is -0.0794. The van der Waals surface area contributed by atoms with E-state index in [0.29, 0.717) is 11.7 Å². The second-order valence-corrected chi connectivity index (χ2v) is 4.59. The number of rotatable bonds is 5. The first kappa shape index (κ1) is 12.3. The molecule has 1 aromatic heterocycles. The SMILES string of the molecule is COC(=O)CSc1nnnn1CC1CCCO1. The average Bonchev–Trinajstić information content (AvgIpc) is 2.98. The second kappa shape index (κ2) is 5.97. The van der Waals surface area contributed by atoms with Gasteiger partial charge in [-0.3, -0.25) is 4.79 Å². The summed E-state index contributed by atoms with van der Waals surface area (Å²) in [5.41, 5.74) is 0. The van der Waals surface area contributed by atoms with E-state index in [1.54, 1.807) is 4.68 Å². The monoisotopic (exact) mass is 258 g/mol. The van der Waals surface area contributed by atoms with E-state index in [9.17, 15) is 4.79 Å². The molecule has 0 saturated carbocycles. The van der Waals surface area contributed by atoms with Crippen LogP contribution in [0.5, 0.6) is 0 Å². The molecule has 0 bridgehead atoms. The zero-order chi connectivity index (χ0) is 12.1. The van der Waals surface area contributed by atoms with Gasteiger partial charge in [-0.2, -0.15) is 0 Å². The largest absolute Gasteiger partial charge is 0.468 e. The van der Waals surface area contributed by atoms with E-state index < -0.39 is 0 Å². The van der Waals surface area contributed by atoms with Crippen molar-refractivity contribution in [2.75, 3.05) is 19.5 Å². The Morgan fingerprint density at radius 1 is 1.71 bits per heavy atom. The fourth-order valence-electron chi connectivity index (χ4n) is 1.58. The van der Waals surface area contributed by atoms with Crippen molar-refractivity contribution in [1.82, 2.24) is 20.2 Å². The maximum Gasteiger partial charge on any atom is 0.316 e. The molecule has 0 aliphatic carbocycles. The predicted molar refractivity (Wildman–Crippen MR) is 59.5 cm³/mol. The molecular formula is C9H14N4O3S. The molecule has 1 unspecified atom stereocenters. The van der Waals surface area contributed by atoms with Crippen LogP contribution in [0.2, 0.25) is 0 Å². The van der Waals surface area contributed by atoms with Gasteiger partial charge in [-0.25, -0.2) is 4.68 Å². The zero-order valence-corrected chi connectivity index (χ0v) is 10.4. The molecule has 2 heterocycles. The third-order valence-corrected chi connectivity index (χ3v) is 3.38. The smallest absolute Gasteiger partial charge is 0.316 e. The molecule has 0 amide bonds. The standard InChI is InChI=1S/C9H14N4O3S/c1-15-8(14)6-17-9-10-11-12-13(9)5-7-3-2-4-16-7/h7H,2-6H2,1H3. The van der Waals surface area contributed by atoms with Gasteiger partial charge in [0.05, 0.1) is 25.5 Å². The van der Waals surface area contributed by atoms with Gasteiger partial charge in [-0.15, -0.1) is 5.10 Å². The van der Waals surface area contributed by atoms with Crippen LogP contribution in [0.3, 0.4) is 0 Å². The van der Waals surface area contributed by atoms with Crippen molar-refractivity contribution in [3.05, 3.63) is 0 Å². The first-order valence-corrected chi connectivity index (χ1v) is 6.35. The van der Waals surface area contributed by atoms with Crippen LogP contribution in [0.15, 0.2) is 5.16 Å². The Morgan fingerprint density at radius 3 is 3.29 bits per heavy atom. The topological polar surface area (TPSA) is 79.1 Å². The third-order valence-electron chi connectivity index (χ3n) is 2.45. The maximum absolute atomic E-state index is 11.0. The van der Waals surface area contributed by atoms with E-state index in [1.165, 1.54) is 18.9 Å². The van der Waals surface area contributed by atoms with Crippen LogP contribution < -0.4 is 0 Å². The van der Waals surface area contributed by atoms with Gasteiger partial charge in [-0.1, -0.05) is 11.8 Å². The fourth-order valence-corrected chi connectivity index (χ4v) is 2.30. The summed E-state index contributed by atoms with van der Waals surface area (Å²) in [5, 5.41) is 12.0. The van der Waals surface area contributed by atoms with E-state index in [4.69, 9.17) is 4.74 Å². The minimum Gasteiger partial charge on any atom is -0.468 e. The highest BCUT2D eigenvalue weighted by atomic mass is 32.2. The van der Waals surface area contributed by atoms with E-state index in [1.807, 2.05) is 0 Å². The highest BCUT2D eigenvalue weighted by molar-refractivity contribution is 7.99. The first-order chi connectivity index (χ1) is 8.29. The van der Waals surface area contributed by atoms with Crippen molar-refractivity contribution >= 4 is 17.7 Å². The summed E-state index contributed by atoms with van der Waals surface area (Å²) in [6.07, 6.45) is 2.29. The van der Waals surface area contributed by atoms with Gasteiger partial charge in [0.15, 0.2) is 0 Å². The van der Waals surface area contributed by atoms with Gasteiger partial charge < -0.3 is 9.47 Å². The number of thioether (sulfide) groups is 1. The molecular weight excluding hydrogens is 244 g/mol. The molecule has 0 aromatic carbocycles. The molecule has 0 N–H and O–H groups in total. The van der Waals surface area contributed by atoms with Crippen LogP contribution in [0.25, 0.3) is 0 Å². The molecule has 94 valence electrons. The molecule has 1 aliphatic heterocycles. The number of aromatic nitrogens is 4. The van der Waals surface area contributed by atoms with Crippen LogP contribution in [0, 0.1) is 0 Å². The first-order valence-electron chi connectivity index (χ1n) is 5.37. The maximum atomic E-state index is 11.0. The van der Waals surface area contributed by atoms with Gasteiger partial charge in [0.2, 0.25) is 5.16 Å². The minimum atomic E-state index is -0.290. The van der Waals surface area contributed by atoms with E-state index >= 15 is 0 Å². The van der Waals surface area contributed by atoms with Gasteiger partial charge >= 0.3 is 5.97 Å². The Balaban J connectivity index is 1.89. The van der Waals surface area contributed by atoms with Crippen molar-refractivity contribution in [2.24, 2.45) is 0 Å². The van der Waals surface area contributed by atoms with Crippen LogP contribution in [-0.2, 0) is 20.8 Å². The molecule has 17 heavy (non-hydrogen) atoms. The lowest BCUT2D eigenvalue weighted by molar-refractivity contribution is -0.137. The Labute approximate surface area is 103 Å². The van der Waals surface area contributed by atoms with Crippen molar-refractivity contribution in [3.63, 3.8) is 0 Å². The average molecular weight is 258 g/mol. The van der Waals surface area contributed by atoms with Gasteiger partial charge in [0, 0.05) is 6.61 Å². The molecule has 1 aromatic rings. The summed E-state index contributed by atoms with van der Waals surface area (Å²) >= 11 is 1.27. The molecule has 7 nitrogen and oxygen atoms in total. The van der Waals surface area contributed by atoms with E-state index in [-0.39, 0.29) is 17.8 Å². The Morgan fingerprint density at radius 2 is 2.59 bits per heavy atom. The molecule has 1 fully saturated rings. The summed E-state index contributed by atoms with van der Waals surface area (Å²) < 4.78 is 11.7. The van der Waals surface area contributed by atoms with E-state index in [0.717, 1.165) is 19.4 Å². The lowest BCUT2D eigenvalue weighted by Crippen LogP contribution is -2.17. The van der Waals surface area contributed by atoms with Crippen LogP contribution >= 0.6 is 11.8 Å². The Bertz CT molecular complexity index is 378. The van der Waals surface area contributed by atoms with Crippen molar-refractivity contribution in [3.8, 4) is 0 Å². The minimum absolute atomic E-state index is 0.177. The van der Waals surface area contributed by atoms with Gasteiger partial charge in [0.1, 0.15) is 0 Å². The molecule has 2 rings (SSSR count). The molecule has 0 spiro atoms. The van der Waals surface area contributed by atoms with Crippen LogP contribution in [-0.4, -0.2) is 51.8 Å². The number of hydrogen-bond donors (Lipinski definition) is 0. The third kappa shape index (κ3) is 3.40. The Kier molecular flexibility index (Phi) is 4.32.